The molecule has 0 aliphatic rings. The van der Waals surface area contributed by atoms with Crippen LogP contribution < -0.4 is 10.5 Å². The van der Waals surface area contributed by atoms with Gasteiger partial charge in [-0.15, -0.1) is 0 Å². The van der Waals surface area contributed by atoms with E-state index in [1.54, 1.807) is 19.2 Å². The molecule has 0 aromatic heterocycles. The lowest BCUT2D eigenvalue weighted by atomic mass is 10.3. The number of benzene rings is 1. The maximum Gasteiger partial charge on any atom is 0.142 e. The predicted molar refractivity (Wildman–Crippen MR) is 76.3 cm³/mol. The molecule has 19 heavy (non-hydrogen) atoms. The van der Waals surface area contributed by atoms with Crippen LogP contribution in [0.3, 0.4) is 0 Å². The van der Waals surface area contributed by atoms with Gasteiger partial charge in [0.2, 0.25) is 0 Å². The summed E-state index contributed by atoms with van der Waals surface area (Å²) >= 11 is 0. The maximum atomic E-state index is 9.89. The number of rotatable bonds is 9. The number of likely N-dealkylation sites (N-methyl/N-ethyl adjacent to an activating group) is 1. The third-order valence-electron chi connectivity index (χ3n) is 2.76. The van der Waals surface area contributed by atoms with Crippen molar-refractivity contribution in [1.29, 1.82) is 0 Å². The molecule has 0 saturated carbocycles. The first-order valence-electron chi connectivity index (χ1n) is 6.46. The van der Waals surface area contributed by atoms with Crippen LogP contribution in [0.15, 0.2) is 24.3 Å². The number of aliphatic hydroxyl groups is 1. The van der Waals surface area contributed by atoms with Crippen molar-refractivity contribution in [3.8, 4) is 5.75 Å². The van der Waals surface area contributed by atoms with Gasteiger partial charge < -0.3 is 25.2 Å². The number of nitrogens with two attached hydrogens (primary N) is 1. The Hall–Kier alpha value is -1.30. The van der Waals surface area contributed by atoms with Gasteiger partial charge in [0.25, 0.3) is 0 Å². The highest BCUT2D eigenvalue weighted by Gasteiger charge is 2.09. The first kappa shape index (κ1) is 15.8. The Balaban J connectivity index is 2.24. The summed E-state index contributed by atoms with van der Waals surface area (Å²) in [6.45, 7) is 2.43. The summed E-state index contributed by atoms with van der Waals surface area (Å²) < 4.78 is 10.5. The van der Waals surface area contributed by atoms with Gasteiger partial charge in [0.1, 0.15) is 18.5 Å². The summed E-state index contributed by atoms with van der Waals surface area (Å²) in [4.78, 5) is 2.06. The Labute approximate surface area is 114 Å². The van der Waals surface area contributed by atoms with Gasteiger partial charge in [0, 0.05) is 26.8 Å². The molecule has 108 valence electrons. The van der Waals surface area contributed by atoms with Gasteiger partial charge in [-0.05, 0) is 25.6 Å². The van der Waals surface area contributed by atoms with Crippen LogP contribution in [0, 0.1) is 0 Å². The Kier molecular flexibility index (Phi) is 7.25. The predicted octanol–water partition coefficient (Wildman–Crippen LogP) is 0.977. The zero-order valence-electron chi connectivity index (χ0n) is 11.7. The zero-order chi connectivity index (χ0) is 14.1. The number of hydrogen-bond donors (Lipinski definition) is 2. The standard InChI is InChI=1S/C14H24N2O3/c1-16(8-5-9-18-2)10-12(17)11-19-14-7-4-3-6-13(14)15/h3-4,6-7,12,17H,5,8-11,15H2,1-2H3. The largest absolute Gasteiger partial charge is 0.489 e. The molecular formula is C14H24N2O3. The summed E-state index contributed by atoms with van der Waals surface area (Å²) in [5.41, 5.74) is 6.34. The highest BCUT2D eigenvalue weighted by molar-refractivity contribution is 5.51. The quantitative estimate of drug-likeness (QED) is 0.516. The van der Waals surface area contributed by atoms with E-state index in [-0.39, 0.29) is 6.61 Å². The lowest BCUT2D eigenvalue weighted by molar-refractivity contribution is 0.0734. The third-order valence-corrected chi connectivity index (χ3v) is 2.76. The first-order valence-corrected chi connectivity index (χ1v) is 6.46. The number of nitrogen functional groups attached to an aromatic ring is 1. The van der Waals surface area contributed by atoms with E-state index >= 15 is 0 Å². The van der Waals surface area contributed by atoms with Gasteiger partial charge in [-0.25, -0.2) is 0 Å². The molecule has 1 aromatic rings. The van der Waals surface area contributed by atoms with Gasteiger partial charge >= 0.3 is 0 Å². The second-order valence-electron chi connectivity index (χ2n) is 4.61. The Bertz CT molecular complexity index is 360. The van der Waals surface area contributed by atoms with E-state index in [9.17, 15) is 5.11 Å². The van der Waals surface area contributed by atoms with Gasteiger partial charge in [0.05, 0.1) is 5.69 Å². The van der Waals surface area contributed by atoms with E-state index in [2.05, 4.69) is 4.90 Å². The summed E-state index contributed by atoms with van der Waals surface area (Å²) in [5.74, 6) is 0.614. The molecule has 0 amide bonds. The molecule has 0 fully saturated rings. The maximum absolute atomic E-state index is 9.89. The average molecular weight is 268 g/mol. The molecule has 1 aromatic carbocycles. The second kappa shape index (κ2) is 8.74. The average Bonchev–Trinajstić information content (AvgIpc) is 2.38. The fourth-order valence-corrected chi connectivity index (χ4v) is 1.78. The van der Waals surface area contributed by atoms with Crippen molar-refractivity contribution in [1.82, 2.24) is 4.90 Å². The van der Waals surface area contributed by atoms with E-state index < -0.39 is 6.10 Å². The number of anilines is 1. The lowest BCUT2D eigenvalue weighted by Crippen LogP contribution is -2.34. The highest BCUT2D eigenvalue weighted by Crippen LogP contribution is 2.19. The number of methoxy groups -OCH3 is 1. The van der Waals surface area contributed by atoms with Crippen LogP contribution in [0.2, 0.25) is 0 Å². The normalized spacial score (nSPS) is 12.6. The number of nitrogens with zero attached hydrogens (tertiary/aromatic N) is 1. The number of hydrogen-bond acceptors (Lipinski definition) is 5. The van der Waals surface area contributed by atoms with Crippen LogP contribution in [0.1, 0.15) is 6.42 Å². The monoisotopic (exact) mass is 268 g/mol. The molecule has 5 nitrogen and oxygen atoms in total. The number of para-hydroxylation sites is 2. The molecule has 0 spiro atoms. The molecular weight excluding hydrogens is 244 g/mol. The molecule has 3 N–H and O–H groups in total. The molecule has 0 aliphatic heterocycles. The van der Waals surface area contributed by atoms with E-state index in [0.717, 1.165) is 19.6 Å². The molecule has 1 unspecified atom stereocenters. The number of aliphatic hydroxyl groups excluding tert-OH is 1. The van der Waals surface area contributed by atoms with Gasteiger partial charge in [-0.2, -0.15) is 0 Å². The third kappa shape index (κ3) is 6.42. The van der Waals surface area contributed by atoms with E-state index in [1.165, 1.54) is 0 Å². The lowest BCUT2D eigenvalue weighted by Gasteiger charge is -2.20. The first-order chi connectivity index (χ1) is 9.13. The van der Waals surface area contributed by atoms with Crippen molar-refractivity contribution in [3.05, 3.63) is 24.3 Å². The Morgan fingerprint density at radius 3 is 2.79 bits per heavy atom. The molecule has 5 heteroatoms. The molecule has 1 atom stereocenters. The minimum atomic E-state index is -0.535. The molecule has 0 bridgehead atoms. The molecule has 1 rings (SSSR count). The fourth-order valence-electron chi connectivity index (χ4n) is 1.78. The summed E-state index contributed by atoms with van der Waals surface area (Å²) in [7, 11) is 3.66. The molecule has 0 radical (unpaired) electrons. The Morgan fingerprint density at radius 2 is 2.11 bits per heavy atom. The van der Waals surface area contributed by atoms with Crippen molar-refractivity contribution >= 4 is 5.69 Å². The zero-order valence-corrected chi connectivity index (χ0v) is 11.7. The van der Waals surface area contributed by atoms with E-state index in [0.29, 0.717) is 18.0 Å². The Morgan fingerprint density at radius 1 is 1.37 bits per heavy atom. The second-order valence-corrected chi connectivity index (χ2v) is 4.61. The smallest absolute Gasteiger partial charge is 0.142 e. The van der Waals surface area contributed by atoms with Crippen LogP contribution >= 0.6 is 0 Å². The van der Waals surface area contributed by atoms with Gasteiger partial charge in [-0.3, -0.25) is 0 Å². The van der Waals surface area contributed by atoms with Crippen LogP contribution in [-0.4, -0.2) is 56.6 Å². The highest BCUT2D eigenvalue weighted by atomic mass is 16.5. The molecule has 0 saturated heterocycles. The summed E-state index contributed by atoms with van der Waals surface area (Å²) in [6.07, 6.45) is 0.416. The fraction of sp³-hybridized carbons (Fsp3) is 0.571. The van der Waals surface area contributed by atoms with Crippen LogP contribution in [-0.2, 0) is 4.74 Å². The minimum Gasteiger partial charge on any atom is -0.489 e. The SMILES string of the molecule is COCCCN(C)CC(O)COc1ccccc1N. The van der Waals surface area contributed by atoms with Crippen LogP contribution in [0.5, 0.6) is 5.75 Å². The van der Waals surface area contributed by atoms with Gasteiger partial charge in [-0.1, -0.05) is 12.1 Å². The molecule has 0 heterocycles. The summed E-state index contributed by atoms with van der Waals surface area (Å²) in [6, 6.07) is 7.28. The van der Waals surface area contributed by atoms with E-state index in [1.807, 2.05) is 19.2 Å². The van der Waals surface area contributed by atoms with E-state index in [4.69, 9.17) is 15.2 Å². The summed E-state index contributed by atoms with van der Waals surface area (Å²) in [5, 5.41) is 9.89. The van der Waals surface area contributed by atoms with Crippen molar-refractivity contribution in [3.63, 3.8) is 0 Å². The number of ether oxygens (including phenoxy) is 2. The minimum absolute atomic E-state index is 0.239. The topological polar surface area (TPSA) is 68.0 Å². The van der Waals surface area contributed by atoms with Crippen molar-refractivity contribution < 1.29 is 14.6 Å². The van der Waals surface area contributed by atoms with Crippen molar-refractivity contribution in [2.24, 2.45) is 0 Å². The molecule has 0 aliphatic carbocycles. The van der Waals surface area contributed by atoms with Crippen LogP contribution in [0.25, 0.3) is 0 Å². The van der Waals surface area contributed by atoms with Gasteiger partial charge in [0.15, 0.2) is 0 Å². The van der Waals surface area contributed by atoms with Crippen LogP contribution in [0.4, 0.5) is 5.69 Å². The van der Waals surface area contributed by atoms with Crippen molar-refractivity contribution in [2.45, 2.75) is 12.5 Å². The van der Waals surface area contributed by atoms with Crippen molar-refractivity contribution in [2.75, 3.05) is 46.2 Å².